The van der Waals surface area contributed by atoms with E-state index in [0.717, 1.165) is 30.9 Å². The Kier molecular flexibility index (Phi) is 4.05. The molecule has 0 radical (unpaired) electrons. The Bertz CT molecular complexity index is 800. The van der Waals surface area contributed by atoms with Crippen molar-refractivity contribution in [3.63, 3.8) is 0 Å². The molecule has 0 atom stereocenters. The van der Waals surface area contributed by atoms with E-state index >= 15 is 0 Å². The van der Waals surface area contributed by atoms with Crippen LogP contribution in [-0.2, 0) is 6.42 Å². The molecule has 0 aliphatic carbocycles. The lowest BCUT2D eigenvalue weighted by Gasteiger charge is -2.35. The molecule has 2 aliphatic heterocycles. The maximum Gasteiger partial charge on any atom is 0.253 e. The Balaban J connectivity index is 1.46. The first-order valence-electron chi connectivity index (χ1n) is 8.45. The third-order valence-corrected chi connectivity index (χ3v) is 4.73. The number of aromatic nitrogens is 2. The standard InChI is InChI=1S/C18H19N5O2/c24-17-15-12-14(4-3-13(15)5-7-19-17)18(25)23-10-8-22(9-11-23)16-2-1-6-20-21-16/h1-4,6,12H,5,7-11H2,(H,19,24). The SMILES string of the molecule is O=C1NCCc2ccc(C(=O)N3CCN(c4cccnn4)CC3)cc21. The van der Waals surface area contributed by atoms with Crippen LogP contribution < -0.4 is 10.2 Å². The molecule has 0 spiro atoms. The number of hydrogen-bond donors (Lipinski definition) is 1. The van der Waals surface area contributed by atoms with Gasteiger partial charge in [0.1, 0.15) is 0 Å². The van der Waals surface area contributed by atoms with Crippen LogP contribution in [-0.4, -0.2) is 59.6 Å². The summed E-state index contributed by atoms with van der Waals surface area (Å²) in [6.45, 7) is 3.34. The highest BCUT2D eigenvalue weighted by atomic mass is 16.2. The summed E-state index contributed by atoms with van der Waals surface area (Å²) >= 11 is 0. The molecule has 2 aliphatic rings. The van der Waals surface area contributed by atoms with Crippen LogP contribution in [0.5, 0.6) is 0 Å². The van der Waals surface area contributed by atoms with Crippen molar-refractivity contribution in [2.45, 2.75) is 6.42 Å². The van der Waals surface area contributed by atoms with Crippen molar-refractivity contribution in [1.82, 2.24) is 20.4 Å². The fraction of sp³-hybridized carbons (Fsp3) is 0.333. The van der Waals surface area contributed by atoms with Gasteiger partial charge in [-0.3, -0.25) is 9.59 Å². The number of piperazine rings is 1. The Labute approximate surface area is 145 Å². The van der Waals surface area contributed by atoms with E-state index in [1.54, 1.807) is 12.3 Å². The normalized spacial score (nSPS) is 17.0. The van der Waals surface area contributed by atoms with Gasteiger partial charge in [-0.15, -0.1) is 5.10 Å². The Morgan fingerprint density at radius 2 is 1.96 bits per heavy atom. The molecule has 4 rings (SSSR count). The van der Waals surface area contributed by atoms with Gasteiger partial charge in [0.25, 0.3) is 11.8 Å². The molecular formula is C18H19N5O2. The molecule has 1 N–H and O–H groups in total. The van der Waals surface area contributed by atoms with Gasteiger partial charge in [-0.05, 0) is 36.2 Å². The smallest absolute Gasteiger partial charge is 0.253 e. The van der Waals surface area contributed by atoms with E-state index in [1.165, 1.54) is 0 Å². The highest BCUT2D eigenvalue weighted by molar-refractivity contribution is 6.01. The highest BCUT2D eigenvalue weighted by Crippen LogP contribution is 2.19. The number of nitrogens with zero attached hydrogens (tertiary/aromatic N) is 4. The number of anilines is 1. The van der Waals surface area contributed by atoms with Crippen LogP contribution in [0.1, 0.15) is 26.3 Å². The fourth-order valence-electron chi connectivity index (χ4n) is 3.33. The van der Waals surface area contributed by atoms with Crippen molar-refractivity contribution in [2.75, 3.05) is 37.6 Å². The predicted molar refractivity (Wildman–Crippen MR) is 92.6 cm³/mol. The molecule has 2 aromatic rings. The maximum atomic E-state index is 12.8. The molecule has 0 saturated carbocycles. The molecule has 7 heteroatoms. The lowest BCUT2D eigenvalue weighted by atomic mass is 9.97. The van der Waals surface area contributed by atoms with E-state index in [1.807, 2.05) is 29.2 Å². The summed E-state index contributed by atoms with van der Waals surface area (Å²) in [6.07, 6.45) is 2.46. The summed E-state index contributed by atoms with van der Waals surface area (Å²) < 4.78 is 0. The second kappa shape index (κ2) is 6.51. The number of carbonyl (C=O) groups is 2. The lowest BCUT2D eigenvalue weighted by Crippen LogP contribution is -2.49. The Hall–Kier alpha value is -2.96. The third-order valence-electron chi connectivity index (χ3n) is 4.73. The minimum absolute atomic E-state index is 0.0278. The Morgan fingerprint density at radius 3 is 2.72 bits per heavy atom. The topological polar surface area (TPSA) is 78.4 Å². The van der Waals surface area contributed by atoms with Crippen molar-refractivity contribution in [3.05, 3.63) is 53.2 Å². The van der Waals surface area contributed by atoms with Gasteiger partial charge in [0.15, 0.2) is 5.82 Å². The summed E-state index contributed by atoms with van der Waals surface area (Å²) in [6, 6.07) is 9.23. The Morgan fingerprint density at radius 1 is 1.12 bits per heavy atom. The average Bonchev–Trinajstić information content (AvgIpc) is 2.68. The van der Waals surface area contributed by atoms with Crippen LogP contribution >= 0.6 is 0 Å². The minimum atomic E-state index is -0.0941. The molecule has 25 heavy (non-hydrogen) atoms. The molecule has 3 heterocycles. The first kappa shape index (κ1) is 15.6. The van der Waals surface area contributed by atoms with Gasteiger partial charge >= 0.3 is 0 Å². The number of nitrogens with one attached hydrogen (secondary N) is 1. The van der Waals surface area contributed by atoms with Crippen LogP contribution in [0.25, 0.3) is 0 Å². The third kappa shape index (κ3) is 3.05. The molecule has 128 valence electrons. The number of carbonyl (C=O) groups excluding carboxylic acids is 2. The first-order valence-corrected chi connectivity index (χ1v) is 8.45. The average molecular weight is 337 g/mol. The number of rotatable bonds is 2. The quantitative estimate of drug-likeness (QED) is 0.874. The van der Waals surface area contributed by atoms with Crippen LogP contribution in [0.4, 0.5) is 5.82 Å². The monoisotopic (exact) mass is 337 g/mol. The number of benzene rings is 1. The second-order valence-corrected chi connectivity index (χ2v) is 6.24. The van der Waals surface area contributed by atoms with Crippen LogP contribution in [0.3, 0.4) is 0 Å². The molecule has 1 aromatic carbocycles. The van der Waals surface area contributed by atoms with Gasteiger partial charge in [0.2, 0.25) is 0 Å². The minimum Gasteiger partial charge on any atom is -0.352 e. The van der Waals surface area contributed by atoms with Gasteiger partial charge < -0.3 is 15.1 Å². The van der Waals surface area contributed by atoms with Gasteiger partial charge in [0, 0.05) is 50.0 Å². The van der Waals surface area contributed by atoms with E-state index in [0.29, 0.717) is 30.8 Å². The summed E-state index contributed by atoms with van der Waals surface area (Å²) in [7, 11) is 0. The molecule has 2 amide bonds. The molecule has 1 saturated heterocycles. The van der Waals surface area contributed by atoms with Crippen molar-refractivity contribution in [3.8, 4) is 0 Å². The van der Waals surface area contributed by atoms with E-state index in [4.69, 9.17) is 0 Å². The summed E-state index contributed by atoms with van der Waals surface area (Å²) in [5, 5.41) is 10.8. The zero-order chi connectivity index (χ0) is 17.2. The van der Waals surface area contributed by atoms with Gasteiger partial charge in [0.05, 0.1) is 0 Å². The molecular weight excluding hydrogens is 318 g/mol. The molecule has 7 nitrogen and oxygen atoms in total. The van der Waals surface area contributed by atoms with Gasteiger partial charge in [-0.2, -0.15) is 5.10 Å². The number of amides is 2. The highest BCUT2D eigenvalue weighted by Gasteiger charge is 2.25. The van der Waals surface area contributed by atoms with Crippen molar-refractivity contribution >= 4 is 17.6 Å². The first-order chi connectivity index (χ1) is 12.2. The van der Waals surface area contributed by atoms with Crippen LogP contribution in [0.15, 0.2) is 36.5 Å². The molecule has 0 bridgehead atoms. The predicted octanol–water partition coefficient (Wildman–Crippen LogP) is 0.725. The van der Waals surface area contributed by atoms with E-state index in [2.05, 4.69) is 20.4 Å². The summed E-state index contributed by atoms with van der Waals surface area (Å²) in [5.41, 5.74) is 2.20. The maximum absolute atomic E-state index is 12.8. The van der Waals surface area contributed by atoms with E-state index in [9.17, 15) is 9.59 Å². The summed E-state index contributed by atoms with van der Waals surface area (Å²) in [5.74, 6) is 0.711. The van der Waals surface area contributed by atoms with Crippen molar-refractivity contribution < 1.29 is 9.59 Å². The second-order valence-electron chi connectivity index (χ2n) is 6.24. The van der Waals surface area contributed by atoms with E-state index < -0.39 is 0 Å². The van der Waals surface area contributed by atoms with Gasteiger partial charge in [-0.25, -0.2) is 0 Å². The number of fused-ring (bicyclic) bond motifs is 1. The summed E-state index contributed by atoms with van der Waals surface area (Å²) in [4.78, 5) is 28.7. The van der Waals surface area contributed by atoms with Crippen molar-refractivity contribution in [2.24, 2.45) is 0 Å². The largest absolute Gasteiger partial charge is 0.352 e. The number of hydrogen-bond acceptors (Lipinski definition) is 5. The zero-order valence-corrected chi connectivity index (χ0v) is 13.8. The lowest BCUT2D eigenvalue weighted by molar-refractivity contribution is 0.0746. The molecule has 1 fully saturated rings. The van der Waals surface area contributed by atoms with Gasteiger partial charge in [-0.1, -0.05) is 6.07 Å². The molecule has 1 aromatic heterocycles. The van der Waals surface area contributed by atoms with Crippen LogP contribution in [0.2, 0.25) is 0 Å². The molecule has 0 unspecified atom stereocenters. The van der Waals surface area contributed by atoms with Crippen LogP contribution in [0, 0.1) is 0 Å². The van der Waals surface area contributed by atoms with E-state index in [-0.39, 0.29) is 11.8 Å². The fourth-order valence-corrected chi connectivity index (χ4v) is 3.33. The zero-order valence-electron chi connectivity index (χ0n) is 13.8. The van der Waals surface area contributed by atoms with Crippen molar-refractivity contribution in [1.29, 1.82) is 0 Å².